The van der Waals surface area contributed by atoms with Crippen LogP contribution in [-0.4, -0.2) is 57.9 Å². The number of carbonyl (C=O) groups is 5. The molecule has 2 atom stereocenters. The van der Waals surface area contributed by atoms with E-state index in [1.807, 2.05) is 132 Å². The summed E-state index contributed by atoms with van der Waals surface area (Å²) in [6.45, 7) is 42.9. The van der Waals surface area contributed by atoms with Crippen molar-refractivity contribution in [2.45, 2.75) is 299 Å². The fourth-order valence-electron chi connectivity index (χ4n) is 13.0. The Morgan fingerprint density at radius 1 is 0.366 bits per heavy atom. The van der Waals surface area contributed by atoms with Gasteiger partial charge in [-0.05, 0) is 252 Å². The first-order valence-corrected chi connectivity index (χ1v) is 26.6. The van der Waals surface area contributed by atoms with Crippen molar-refractivity contribution in [1.29, 1.82) is 0 Å². The quantitative estimate of drug-likeness (QED) is 0.137. The summed E-state index contributed by atoms with van der Waals surface area (Å²) < 4.78 is 29.6. The van der Waals surface area contributed by atoms with Gasteiger partial charge in [0.15, 0.2) is 0 Å². The fraction of sp³-hybridized carbons (Fsp3) is 0.918. The molecule has 8 aliphatic carbocycles. The molecule has 8 fully saturated rings. The van der Waals surface area contributed by atoms with Crippen LogP contribution in [0.4, 0.5) is 0 Å². The number of carbonyl (C=O) groups excluding carboxylic acids is 5. The second-order valence-corrected chi connectivity index (χ2v) is 29.1. The molecule has 0 N–H and O–H groups in total. The van der Waals surface area contributed by atoms with Crippen molar-refractivity contribution in [2.24, 2.45) is 61.6 Å². The highest BCUT2D eigenvalue weighted by Crippen LogP contribution is 2.73. The van der Waals surface area contributed by atoms with Gasteiger partial charge in [0.2, 0.25) is 0 Å². The van der Waals surface area contributed by atoms with Crippen LogP contribution in [0.25, 0.3) is 0 Å². The molecule has 8 aliphatic rings. The van der Waals surface area contributed by atoms with Gasteiger partial charge in [0.05, 0.1) is 27.1 Å². The zero-order valence-electron chi connectivity index (χ0n) is 47.5. The van der Waals surface area contributed by atoms with E-state index in [0.717, 1.165) is 37.0 Å². The van der Waals surface area contributed by atoms with Crippen molar-refractivity contribution in [1.82, 2.24) is 0 Å². The van der Waals surface area contributed by atoms with Crippen molar-refractivity contribution < 1.29 is 47.7 Å². The van der Waals surface area contributed by atoms with E-state index in [9.17, 15) is 24.0 Å². The highest BCUT2D eigenvalue weighted by Gasteiger charge is 2.73. The third-order valence-corrected chi connectivity index (χ3v) is 17.7. The van der Waals surface area contributed by atoms with E-state index in [-0.39, 0.29) is 85.5 Å². The second kappa shape index (κ2) is 21.9. The van der Waals surface area contributed by atoms with Gasteiger partial charge in [0.25, 0.3) is 0 Å². The molecular formula is C61H112O10. The van der Waals surface area contributed by atoms with E-state index in [4.69, 9.17) is 23.7 Å². The average molecular weight is 1010 g/mol. The molecule has 8 bridgehead atoms. The van der Waals surface area contributed by atoms with Crippen LogP contribution < -0.4 is 0 Å². The van der Waals surface area contributed by atoms with Crippen molar-refractivity contribution in [3.8, 4) is 0 Å². The molecule has 0 saturated heterocycles. The van der Waals surface area contributed by atoms with Crippen molar-refractivity contribution in [3.63, 3.8) is 0 Å². The minimum absolute atomic E-state index is 0. The summed E-state index contributed by atoms with van der Waals surface area (Å²) in [6.07, 6.45) is 14.3. The molecule has 0 amide bonds. The van der Waals surface area contributed by atoms with Gasteiger partial charge >= 0.3 is 29.8 Å². The summed E-state index contributed by atoms with van der Waals surface area (Å²) in [5.74, 6) is 2.03. The van der Waals surface area contributed by atoms with Crippen LogP contribution in [0.3, 0.4) is 0 Å². The Bertz CT molecular complexity index is 1780. The highest BCUT2D eigenvalue weighted by molar-refractivity contribution is 5.84. The average Bonchev–Trinajstić information content (AvgIpc) is 3.15. The molecule has 0 aromatic rings. The lowest BCUT2D eigenvalue weighted by atomic mass is 9.37. The van der Waals surface area contributed by atoms with E-state index < -0.39 is 38.5 Å². The largest absolute Gasteiger partial charge is 0.460 e. The number of esters is 5. The maximum Gasteiger partial charge on any atom is 0.312 e. The third kappa shape index (κ3) is 14.8. The standard InChI is InChI=1S/C29H48O6.C19H32O2.C10H20O2.3CH4/c1-12-25(8,9)20(30)35-26(10,11)29-15-19-13-27(17-29,21(31)33-23(2,3)4)16-28(14-19,18-29)22(32)34-24(5,6)7;1-6-17(2,3)16(20)21-18(4,5)19-10-13-7-14(11-19)9-15(8-13)12-19;1-7-10(5,6)8(11)12-9(2,3)4;;;/h19H,12-18H2,1-11H3;13-15H,6-12H2,1-5H3;7H2,1-6H3;3*1H4. The van der Waals surface area contributed by atoms with Gasteiger partial charge in [0, 0.05) is 10.8 Å². The zero-order valence-corrected chi connectivity index (χ0v) is 47.5. The lowest BCUT2D eigenvalue weighted by molar-refractivity contribution is -0.250. The summed E-state index contributed by atoms with van der Waals surface area (Å²) in [5, 5.41) is 0. The second-order valence-electron chi connectivity index (χ2n) is 29.1. The van der Waals surface area contributed by atoms with E-state index in [1.165, 1.54) is 38.5 Å². The van der Waals surface area contributed by atoms with Crippen LogP contribution in [0.1, 0.15) is 271 Å². The van der Waals surface area contributed by atoms with Gasteiger partial charge in [-0.25, -0.2) is 0 Å². The first-order valence-electron chi connectivity index (χ1n) is 26.6. The molecule has 8 saturated carbocycles. The smallest absolute Gasteiger partial charge is 0.312 e. The summed E-state index contributed by atoms with van der Waals surface area (Å²) in [7, 11) is 0. The molecule has 416 valence electrons. The maximum atomic E-state index is 13.8. The van der Waals surface area contributed by atoms with Gasteiger partial charge < -0.3 is 23.7 Å². The number of hydrogen-bond acceptors (Lipinski definition) is 10. The monoisotopic (exact) mass is 1000 g/mol. The van der Waals surface area contributed by atoms with E-state index >= 15 is 0 Å². The molecule has 10 heteroatoms. The Morgan fingerprint density at radius 3 is 0.915 bits per heavy atom. The molecule has 0 heterocycles. The Labute approximate surface area is 436 Å². The Kier molecular flexibility index (Phi) is 20.5. The molecule has 0 spiro atoms. The number of ether oxygens (including phenoxy) is 5. The van der Waals surface area contributed by atoms with Gasteiger partial charge in [0.1, 0.15) is 28.0 Å². The maximum absolute atomic E-state index is 13.8. The van der Waals surface area contributed by atoms with Crippen LogP contribution in [0.5, 0.6) is 0 Å². The van der Waals surface area contributed by atoms with E-state index in [1.54, 1.807) is 0 Å². The summed E-state index contributed by atoms with van der Waals surface area (Å²) in [5.41, 5.74) is -5.94. The molecule has 0 aliphatic heterocycles. The molecule has 2 unspecified atom stereocenters. The van der Waals surface area contributed by atoms with Crippen LogP contribution in [0.15, 0.2) is 0 Å². The van der Waals surface area contributed by atoms with Gasteiger partial charge in [-0.2, -0.15) is 0 Å². The highest BCUT2D eigenvalue weighted by atomic mass is 16.6. The fourth-order valence-corrected chi connectivity index (χ4v) is 13.0. The molecule has 8 rings (SSSR count). The molecule has 0 aromatic carbocycles. The van der Waals surface area contributed by atoms with Crippen LogP contribution >= 0.6 is 0 Å². The predicted molar refractivity (Wildman–Crippen MR) is 289 cm³/mol. The zero-order chi connectivity index (χ0) is 52.3. The first-order chi connectivity index (χ1) is 30.5. The Hall–Kier alpha value is -2.65. The molecule has 0 radical (unpaired) electrons. The van der Waals surface area contributed by atoms with Crippen molar-refractivity contribution >= 4 is 29.8 Å². The van der Waals surface area contributed by atoms with Gasteiger partial charge in [-0.1, -0.05) is 43.1 Å². The Morgan fingerprint density at radius 2 is 0.634 bits per heavy atom. The summed E-state index contributed by atoms with van der Waals surface area (Å²) >= 11 is 0. The predicted octanol–water partition coefficient (Wildman–Crippen LogP) is 16.0. The molecule has 10 nitrogen and oxygen atoms in total. The summed E-state index contributed by atoms with van der Waals surface area (Å²) in [4.78, 5) is 64.8. The van der Waals surface area contributed by atoms with Crippen molar-refractivity contribution in [3.05, 3.63) is 0 Å². The van der Waals surface area contributed by atoms with Gasteiger partial charge in [-0.3, -0.25) is 24.0 Å². The first kappa shape index (κ1) is 66.4. The number of hydrogen-bond donors (Lipinski definition) is 0. The minimum atomic E-state index is -0.851. The molecule has 0 aromatic heterocycles. The van der Waals surface area contributed by atoms with E-state index in [0.29, 0.717) is 38.5 Å². The normalized spacial score (nSPS) is 29.8. The third-order valence-electron chi connectivity index (χ3n) is 17.7. The van der Waals surface area contributed by atoms with Crippen LogP contribution in [0, 0.1) is 61.6 Å². The topological polar surface area (TPSA) is 132 Å². The molecule has 71 heavy (non-hydrogen) atoms. The Balaban J connectivity index is 0.000000594. The van der Waals surface area contributed by atoms with Crippen molar-refractivity contribution in [2.75, 3.05) is 0 Å². The van der Waals surface area contributed by atoms with E-state index in [2.05, 4.69) is 20.8 Å². The number of rotatable bonds is 12. The lowest BCUT2D eigenvalue weighted by Gasteiger charge is -2.67. The van der Waals surface area contributed by atoms with Crippen LogP contribution in [-0.2, 0) is 47.7 Å². The SMILES string of the molecule is C.C.C.CCC(C)(C)C(=O)OC(C)(C)C.CCC(C)(C)C(=O)OC(C)(C)C12CC3CC(C(=O)OC(C)(C)C)(CC(C(=O)OC(C)(C)C)(C3)C1)C2.CCC(C)(C)C(=O)OC(C)(C)C12CC3CC(CC(C3)C1)C2. The van der Waals surface area contributed by atoms with Gasteiger partial charge in [-0.15, -0.1) is 0 Å². The minimum Gasteiger partial charge on any atom is -0.460 e. The lowest BCUT2D eigenvalue weighted by Crippen LogP contribution is -2.68. The molecular weight excluding hydrogens is 893 g/mol. The van der Waals surface area contributed by atoms with Crippen LogP contribution in [0.2, 0.25) is 0 Å². The summed E-state index contributed by atoms with van der Waals surface area (Å²) in [6, 6.07) is 0.